The van der Waals surface area contributed by atoms with E-state index in [1.807, 2.05) is 69.3 Å². The zero-order chi connectivity index (χ0) is 30.9. The van der Waals surface area contributed by atoms with Crippen LogP contribution in [-0.2, 0) is 20.7 Å². The molecule has 0 saturated heterocycles. The number of ether oxygens (including phenoxy) is 1. The lowest BCUT2D eigenvalue weighted by molar-refractivity contribution is -0.149. The molecule has 1 aliphatic carbocycles. The average Bonchev–Trinajstić information content (AvgIpc) is 2.95. The number of carbonyl (C=O) groups excluding carboxylic acids is 3. The summed E-state index contributed by atoms with van der Waals surface area (Å²) >= 11 is 0. The summed E-state index contributed by atoms with van der Waals surface area (Å²) in [5, 5.41) is 6.08. The van der Waals surface area contributed by atoms with E-state index in [0.29, 0.717) is 17.5 Å². The Morgan fingerprint density at radius 1 is 0.976 bits per heavy atom. The Balaban J connectivity index is 2.13. The zero-order valence-corrected chi connectivity index (χ0v) is 26.0. The maximum absolute atomic E-state index is 14.8. The minimum Gasteiger partial charge on any atom is -0.444 e. The molecule has 42 heavy (non-hydrogen) atoms. The third kappa shape index (κ3) is 8.85. The van der Waals surface area contributed by atoms with Gasteiger partial charge in [-0.05, 0) is 71.1 Å². The molecule has 7 nitrogen and oxygen atoms in total. The van der Waals surface area contributed by atoms with Crippen molar-refractivity contribution in [1.82, 2.24) is 15.5 Å². The van der Waals surface area contributed by atoms with Crippen molar-refractivity contribution in [3.05, 3.63) is 71.3 Å². The Labute approximate surface area is 251 Å². The largest absolute Gasteiger partial charge is 0.444 e. The van der Waals surface area contributed by atoms with Crippen LogP contribution in [0.3, 0.4) is 0 Å². The smallest absolute Gasteiger partial charge is 0.408 e. The number of amides is 3. The maximum Gasteiger partial charge on any atom is 0.408 e. The molecule has 2 aromatic carbocycles. The Morgan fingerprint density at radius 2 is 1.60 bits per heavy atom. The summed E-state index contributed by atoms with van der Waals surface area (Å²) < 4.78 is 5.55. The fourth-order valence-electron chi connectivity index (χ4n) is 5.40. The summed E-state index contributed by atoms with van der Waals surface area (Å²) in [4.78, 5) is 43.7. The van der Waals surface area contributed by atoms with E-state index in [9.17, 15) is 14.4 Å². The van der Waals surface area contributed by atoms with Crippen molar-refractivity contribution >= 4 is 17.9 Å². The molecule has 2 N–H and O–H groups in total. The predicted octanol–water partition coefficient (Wildman–Crippen LogP) is 6.31. The summed E-state index contributed by atoms with van der Waals surface area (Å²) in [5.74, 6) is 2.07. The molecule has 0 radical (unpaired) electrons. The molecule has 0 aliphatic heterocycles. The molecule has 1 aliphatic rings. The van der Waals surface area contributed by atoms with Gasteiger partial charge in [-0.1, -0.05) is 80.6 Å². The van der Waals surface area contributed by atoms with Crippen LogP contribution in [0.2, 0.25) is 0 Å². The first-order valence-corrected chi connectivity index (χ1v) is 15.1. The molecular weight excluding hydrogens is 526 g/mol. The summed E-state index contributed by atoms with van der Waals surface area (Å²) in [6, 6.07) is 14.8. The van der Waals surface area contributed by atoms with E-state index in [-0.39, 0.29) is 24.3 Å². The molecule has 0 bridgehead atoms. The van der Waals surface area contributed by atoms with Crippen molar-refractivity contribution in [2.45, 2.75) is 116 Å². The van der Waals surface area contributed by atoms with E-state index in [2.05, 4.69) is 16.6 Å². The van der Waals surface area contributed by atoms with Gasteiger partial charge in [0.25, 0.3) is 0 Å². The van der Waals surface area contributed by atoms with Crippen LogP contribution in [-0.4, -0.2) is 46.0 Å². The summed E-state index contributed by atoms with van der Waals surface area (Å²) in [6.45, 7) is 11.2. The average molecular weight is 574 g/mol. The highest BCUT2D eigenvalue weighted by molar-refractivity contribution is 5.93. The van der Waals surface area contributed by atoms with Gasteiger partial charge < -0.3 is 20.3 Å². The third-order valence-corrected chi connectivity index (χ3v) is 7.90. The monoisotopic (exact) mass is 573 g/mol. The molecule has 0 spiro atoms. The number of nitrogens with zero attached hydrogens (tertiary/aromatic N) is 1. The zero-order valence-electron chi connectivity index (χ0n) is 26.0. The normalized spacial score (nSPS) is 15.5. The van der Waals surface area contributed by atoms with Gasteiger partial charge in [-0.2, -0.15) is 0 Å². The van der Waals surface area contributed by atoms with Gasteiger partial charge in [0, 0.05) is 23.6 Å². The van der Waals surface area contributed by atoms with Gasteiger partial charge in [-0.25, -0.2) is 4.79 Å². The van der Waals surface area contributed by atoms with Crippen molar-refractivity contribution in [3.63, 3.8) is 0 Å². The van der Waals surface area contributed by atoms with Crippen LogP contribution >= 0.6 is 0 Å². The number of benzene rings is 2. The predicted molar refractivity (Wildman–Crippen MR) is 167 cm³/mol. The molecule has 0 heterocycles. The third-order valence-electron chi connectivity index (χ3n) is 7.90. The van der Waals surface area contributed by atoms with E-state index in [4.69, 9.17) is 11.2 Å². The highest BCUT2D eigenvalue weighted by Gasteiger charge is 2.44. The molecule has 2 aromatic rings. The molecule has 0 aromatic heterocycles. The molecule has 1 saturated carbocycles. The number of hydrogen-bond acceptors (Lipinski definition) is 4. The number of carbonyl (C=O) groups is 3. The standard InChI is InChI=1S/C35H47N3O4/c1-8-26-20-16-17-23-28(26)30(31(39)36-27-21-14-11-15-22-27)38(35(6,7)9-2)32(40)29(24-25-18-12-10-13-19-25)37-33(41)42-34(3,4)5/h1,10,12-13,16-20,23,27,29-30H,9,11,14-15,21-22,24H2,2-7H3,(H,36,39)(H,37,41). The minimum absolute atomic E-state index is 0.0356. The minimum atomic E-state index is -1.000. The van der Waals surface area contributed by atoms with Crippen LogP contribution in [0.15, 0.2) is 54.6 Å². The van der Waals surface area contributed by atoms with Gasteiger partial charge in [-0.3, -0.25) is 9.59 Å². The van der Waals surface area contributed by atoms with Crippen molar-refractivity contribution in [2.24, 2.45) is 0 Å². The molecule has 3 amide bonds. The molecule has 2 atom stereocenters. The van der Waals surface area contributed by atoms with Crippen LogP contribution in [0.25, 0.3) is 0 Å². The van der Waals surface area contributed by atoms with E-state index in [1.165, 1.54) is 0 Å². The quantitative estimate of drug-likeness (QED) is 0.326. The van der Waals surface area contributed by atoms with Gasteiger partial charge in [0.05, 0.1) is 0 Å². The van der Waals surface area contributed by atoms with E-state index in [0.717, 1.165) is 37.7 Å². The molecule has 2 unspecified atom stereocenters. The van der Waals surface area contributed by atoms with Crippen LogP contribution < -0.4 is 10.6 Å². The maximum atomic E-state index is 14.8. The van der Waals surface area contributed by atoms with Gasteiger partial charge in [0.1, 0.15) is 17.7 Å². The lowest BCUT2D eigenvalue weighted by Crippen LogP contribution is -2.60. The lowest BCUT2D eigenvalue weighted by Gasteiger charge is -2.45. The van der Waals surface area contributed by atoms with Crippen molar-refractivity contribution in [3.8, 4) is 12.3 Å². The first-order chi connectivity index (χ1) is 19.9. The van der Waals surface area contributed by atoms with Crippen LogP contribution in [0.1, 0.15) is 103 Å². The van der Waals surface area contributed by atoms with Gasteiger partial charge in [0.15, 0.2) is 0 Å². The molecule has 3 rings (SSSR count). The van der Waals surface area contributed by atoms with Crippen LogP contribution in [0.4, 0.5) is 4.79 Å². The summed E-state index contributed by atoms with van der Waals surface area (Å²) in [6.07, 6.45) is 11.1. The van der Waals surface area contributed by atoms with Crippen LogP contribution in [0, 0.1) is 12.3 Å². The van der Waals surface area contributed by atoms with E-state index in [1.54, 1.807) is 31.7 Å². The summed E-state index contributed by atoms with van der Waals surface area (Å²) in [7, 11) is 0. The molecule has 226 valence electrons. The topological polar surface area (TPSA) is 87.7 Å². The number of nitrogens with one attached hydrogen (secondary N) is 2. The second-order valence-electron chi connectivity index (χ2n) is 12.7. The van der Waals surface area contributed by atoms with Crippen molar-refractivity contribution in [1.29, 1.82) is 0 Å². The highest BCUT2D eigenvalue weighted by atomic mass is 16.6. The summed E-state index contributed by atoms with van der Waals surface area (Å²) in [5.41, 5.74) is 0.483. The number of terminal acetylenes is 1. The van der Waals surface area contributed by atoms with Crippen LogP contribution in [0.5, 0.6) is 0 Å². The van der Waals surface area contributed by atoms with Gasteiger partial charge in [0.2, 0.25) is 11.8 Å². The molecule has 1 fully saturated rings. The Hall–Kier alpha value is -3.79. The molecule has 7 heteroatoms. The van der Waals surface area contributed by atoms with Crippen molar-refractivity contribution < 1.29 is 19.1 Å². The number of alkyl carbamates (subject to hydrolysis) is 1. The van der Waals surface area contributed by atoms with E-state index < -0.39 is 29.3 Å². The number of rotatable bonds is 10. The second kappa shape index (κ2) is 14.4. The van der Waals surface area contributed by atoms with Gasteiger partial charge in [-0.15, -0.1) is 6.42 Å². The number of hydrogen-bond donors (Lipinski definition) is 2. The Kier molecular flexibility index (Phi) is 11.2. The fourth-order valence-corrected chi connectivity index (χ4v) is 5.40. The molecular formula is C35H47N3O4. The SMILES string of the molecule is C#Cc1ccccc1C(C(=O)NC1CCCCC1)N(C(=O)C(Cc1ccccc1)NC(=O)OC(C)(C)C)C(C)(C)CC. The Morgan fingerprint density at radius 3 is 2.19 bits per heavy atom. The highest BCUT2D eigenvalue weighted by Crippen LogP contribution is 2.34. The van der Waals surface area contributed by atoms with Crippen molar-refractivity contribution in [2.75, 3.05) is 0 Å². The first-order valence-electron chi connectivity index (χ1n) is 15.1. The Bertz CT molecular complexity index is 1250. The van der Waals surface area contributed by atoms with E-state index >= 15 is 0 Å². The fraction of sp³-hybridized carbons (Fsp3) is 0.514. The lowest BCUT2D eigenvalue weighted by atomic mass is 9.89. The first kappa shape index (κ1) is 32.7. The van der Waals surface area contributed by atoms with Gasteiger partial charge >= 0.3 is 6.09 Å². The second-order valence-corrected chi connectivity index (χ2v) is 12.7.